The van der Waals surface area contributed by atoms with Crippen molar-refractivity contribution in [2.75, 3.05) is 4.90 Å². The number of hydrogen-bond acceptors (Lipinski definition) is 2. The SMILES string of the molecule is CC1Cc2ccccc2N1C(=O)c1cc(S)ccc1Cl. The number of nitrogens with zero attached hydrogens (tertiary/aromatic N) is 1. The third-order valence-corrected chi connectivity index (χ3v) is 4.21. The molecule has 1 amide bonds. The van der Waals surface area contributed by atoms with E-state index >= 15 is 0 Å². The van der Waals surface area contributed by atoms with Crippen molar-refractivity contribution < 1.29 is 4.79 Å². The summed E-state index contributed by atoms with van der Waals surface area (Å²) in [7, 11) is 0. The van der Waals surface area contributed by atoms with Crippen LogP contribution in [0.1, 0.15) is 22.8 Å². The Morgan fingerprint density at radius 3 is 2.85 bits per heavy atom. The number of halogens is 1. The van der Waals surface area contributed by atoms with Crippen LogP contribution >= 0.6 is 24.2 Å². The zero-order valence-electron chi connectivity index (χ0n) is 11.0. The zero-order chi connectivity index (χ0) is 14.3. The van der Waals surface area contributed by atoms with Crippen LogP contribution in [0.2, 0.25) is 5.02 Å². The van der Waals surface area contributed by atoms with Crippen LogP contribution in [0.3, 0.4) is 0 Å². The van der Waals surface area contributed by atoms with Gasteiger partial charge in [-0.15, -0.1) is 12.6 Å². The summed E-state index contributed by atoms with van der Waals surface area (Å²) >= 11 is 10.5. The highest BCUT2D eigenvalue weighted by atomic mass is 35.5. The highest BCUT2D eigenvalue weighted by Crippen LogP contribution is 2.34. The van der Waals surface area contributed by atoms with E-state index in [1.807, 2.05) is 23.1 Å². The third-order valence-electron chi connectivity index (χ3n) is 3.61. The van der Waals surface area contributed by atoms with Crippen molar-refractivity contribution in [3.05, 3.63) is 58.6 Å². The minimum absolute atomic E-state index is 0.0663. The topological polar surface area (TPSA) is 20.3 Å². The van der Waals surface area contributed by atoms with Crippen LogP contribution in [0.25, 0.3) is 0 Å². The molecule has 0 spiro atoms. The molecule has 0 aliphatic carbocycles. The zero-order valence-corrected chi connectivity index (χ0v) is 12.7. The average Bonchev–Trinajstić information content (AvgIpc) is 2.76. The van der Waals surface area contributed by atoms with E-state index in [9.17, 15) is 4.79 Å². The number of thiol groups is 1. The predicted molar refractivity (Wildman–Crippen MR) is 85.1 cm³/mol. The van der Waals surface area contributed by atoms with Crippen LogP contribution in [0.15, 0.2) is 47.4 Å². The monoisotopic (exact) mass is 303 g/mol. The van der Waals surface area contributed by atoms with Gasteiger partial charge in [-0.05, 0) is 43.2 Å². The van der Waals surface area contributed by atoms with E-state index in [2.05, 4.69) is 25.6 Å². The number of amides is 1. The van der Waals surface area contributed by atoms with Gasteiger partial charge in [-0.1, -0.05) is 29.8 Å². The largest absolute Gasteiger partial charge is 0.305 e. The number of rotatable bonds is 1. The van der Waals surface area contributed by atoms with Gasteiger partial charge in [0.25, 0.3) is 5.91 Å². The van der Waals surface area contributed by atoms with Crippen molar-refractivity contribution in [2.24, 2.45) is 0 Å². The molecule has 0 aromatic heterocycles. The number of carbonyl (C=O) groups excluding carboxylic acids is 1. The van der Waals surface area contributed by atoms with Gasteiger partial charge < -0.3 is 4.90 Å². The van der Waals surface area contributed by atoms with Crippen molar-refractivity contribution in [1.82, 2.24) is 0 Å². The molecule has 0 saturated heterocycles. The summed E-state index contributed by atoms with van der Waals surface area (Å²) in [6.07, 6.45) is 0.875. The van der Waals surface area contributed by atoms with Gasteiger partial charge in [-0.3, -0.25) is 4.79 Å². The number of carbonyl (C=O) groups is 1. The first kappa shape index (κ1) is 13.5. The summed E-state index contributed by atoms with van der Waals surface area (Å²) in [6.45, 7) is 2.05. The maximum absolute atomic E-state index is 12.8. The molecule has 1 aliphatic rings. The Hall–Kier alpha value is -1.45. The Balaban J connectivity index is 2.05. The highest BCUT2D eigenvalue weighted by Gasteiger charge is 2.32. The fourth-order valence-electron chi connectivity index (χ4n) is 2.68. The quantitative estimate of drug-likeness (QED) is 0.782. The van der Waals surface area contributed by atoms with Crippen LogP contribution < -0.4 is 4.90 Å². The number of anilines is 1. The minimum Gasteiger partial charge on any atom is -0.305 e. The maximum atomic E-state index is 12.8. The van der Waals surface area contributed by atoms with Gasteiger partial charge in [-0.25, -0.2) is 0 Å². The molecule has 20 heavy (non-hydrogen) atoms. The molecular formula is C16H14ClNOS. The van der Waals surface area contributed by atoms with Crippen LogP contribution in [0, 0.1) is 0 Å². The highest BCUT2D eigenvalue weighted by molar-refractivity contribution is 7.80. The van der Waals surface area contributed by atoms with Crippen molar-refractivity contribution in [1.29, 1.82) is 0 Å². The smallest absolute Gasteiger partial charge is 0.260 e. The molecule has 0 saturated carbocycles. The second kappa shape index (κ2) is 5.15. The van der Waals surface area contributed by atoms with Crippen molar-refractivity contribution >= 4 is 35.8 Å². The summed E-state index contributed by atoms with van der Waals surface area (Å²) in [4.78, 5) is 15.4. The normalized spacial score (nSPS) is 17.1. The molecule has 0 N–H and O–H groups in total. The Morgan fingerprint density at radius 2 is 2.05 bits per heavy atom. The van der Waals surface area contributed by atoms with Crippen molar-refractivity contribution in [3.8, 4) is 0 Å². The van der Waals surface area contributed by atoms with E-state index in [4.69, 9.17) is 11.6 Å². The molecule has 3 rings (SSSR count). The lowest BCUT2D eigenvalue weighted by molar-refractivity contribution is 0.0981. The second-order valence-electron chi connectivity index (χ2n) is 5.02. The van der Waals surface area contributed by atoms with Crippen LogP contribution in [-0.2, 0) is 6.42 Å². The fraction of sp³-hybridized carbons (Fsp3) is 0.188. The first-order chi connectivity index (χ1) is 9.58. The lowest BCUT2D eigenvalue weighted by Crippen LogP contribution is -2.35. The molecule has 1 atom stereocenters. The molecule has 1 heterocycles. The van der Waals surface area contributed by atoms with E-state index in [0.29, 0.717) is 10.6 Å². The van der Waals surface area contributed by atoms with E-state index in [-0.39, 0.29) is 11.9 Å². The molecule has 1 unspecified atom stereocenters. The molecule has 0 fully saturated rings. The van der Waals surface area contributed by atoms with Gasteiger partial charge in [0.1, 0.15) is 0 Å². The molecule has 4 heteroatoms. The Morgan fingerprint density at radius 1 is 1.30 bits per heavy atom. The van der Waals surface area contributed by atoms with E-state index in [0.717, 1.165) is 17.0 Å². The molecule has 2 nitrogen and oxygen atoms in total. The van der Waals surface area contributed by atoms with E-state index in [1.54, 1.807) is 18.2 Å². The van der Waals surface area contributed by atoms with Gasteiger partial charge in [-0.2, -0.15) is 0 Å². The summed E-state index contributed by atoms with van der Waals surface area (Å²) in [5.41, 5.74) is 2.68. The van der Waals surface area contributed by atoms with Crippen LogP contribution in [0.4, 0.5) is 5.69 Å². The minimum atomic E-state index is -0.0663. The summed E-state index contributed by atoms with van der Waals surface area (Å²) in [5, 5.41) is 0.462. The lowest BCUT2D eigenvalue weighted by Gasteiger charge is -2.23. The third kappa shape index (κ3) is 2.21. The molecule has 1 aliphatic heterocycles. The van der Waals surface area contributed by atoms with E-state index in [1.165, 1.54) is 5.56 Å². The summed E-state index contributed by atoms with van der Waals surface area (Å²) in [6, 6.07) is 13.4. The number of fused-ring (bicyclic) bond motifs is 1. The fourth-order valence-corrected chi connectivity index (χ4v) is 3.08. The average molecular weight is 304 g/mol. The Bertz CT molecular complexity index is 686. The van der Waals surface area contributed by atoms with Gasteiger partial charge in [0.05, 0.1) is 10.6 Å². The second-order valence-corrected chi connectivity index (χ2v) is 5.94. The molecule has 0 radical (unpaired) electrons. The summed E-state index contributed by atoms with van der Waals surface area (Å²) < 4.78 is 0. The molecule has 0 bridgehead atoms. The van der Waals surface area contributed by atoms with Gasteiger partial charge >= 0.3 is 0 Å². The van der Waals surface area contributed by atoms with Gasteiger partial charge in [0.15, 0.2) is 0 Å². The molecule has 102 valence electrons. The predicted octanol–water partition coefficient (Wildman–Crippen LogP) is 4.22. The molecule has 2 aromatic carbocycles. The number of benzene rings is 2. The number of hydrogen-bond donors (Lipinski definition) is 1. The lowest BCUT2D eigenvalue weighted by atomic mass is 10.1. The molecule has 2 aromatic rings. The maximum Gasteiger partial charge on any atom is 0.260 e. The van der Waals surface area contributed by atoms with Crippen molar-refractivity contribution in [2.45, 2.75) is 24.3 Å². The summed E-state index contributed by atoms with van der Waals surface area (Å²) in [5.74, 6) is -0.0663. The van der Waals surface area contributed by atoms with Crippen molar-refractivity contribution in [3.63, 3.8) is 0 Å². The standard InChI is InChI=1S/C16H14ClNOS/c1-10-8-11-4-2-3-5-15(11)18(10)16(19)13-9-12(20)6-7-14(13)17/h2-7,9-10,20H,8H2,1H3. The first-order valence-electron chi connectivity index (χ1n) is 6.48. The van der Waals surface area contributed by atoms with Crippen LogP contribution in [-0.4, -0.2) is 11.9 Å². The van der Waals surface area contributed by atoms with Crippen LogP contribution in [0.5, 0.6) is 0 Å². The first-order valence-corrected chi connectivity index (χ1v) is 7.30. The number of para-hydroxylation sites is 1. The van der Waals surface area contributed by atoms with Gasteiger partial charge in [0, 0.05) is 16.6 Å². The Kier molecular flexibility index (Phi) is 3.48. The Labute approximate surface area is 128 Å². The molecular weight excluding hydrogens is 290 g/mol. The van der Waals surface area contributed by atoms with Gasteiger partial charge in [0.2, 0.25) is 0 Å². The van der Waals surface area contributed by atoms with E-state index < -0.39 is 0 Å².